The molecule has 20 heavy (non-hydrogen) atoms. The van der Waals surface area contributed by atoms with E-state index in [0.29, 0.717) is 28.4 Å². The fourth-order valence-corrected chi connectivity index (χ4v) is 6.45. The number of methoxy groups -OCH3 is 1. The van der Waals surface area contributed by atoms with E-state index in [1.165, 1.54) is 15.6 Å². The van der Waals surface area contributed by atoms with Gasteiger partial charge in [-0.15, -0.1) is 11.3 Å². The number of aliphatic hydroxyl groups is 1. The smallest absolute Gasteiger partial charge is 0.245 e. The van der Waals surface area contributed by atoms with Crippen molar-refractivity contribution in [3.05, 3.63) is 14.7 Å². The Kier molecular flexibility index (Phi) is 5.61. The normalized spacial score (nSPS) is 21.2. The van der Waals surface area contributed by atoms with Gasteiger partial charge >= 0.3 is 0 Å². The summed E-state index contributed by atoms with van der Waals surface area (Å²) in [6.07, 6.45) is 1.84. The third kappa shape index (κ3) is 3.42. The van der Waals surface area contributed by atoms with Crippen molar-refractivity contribution >= 4 is 37.3 Å². The molecule has 1 aliphatic rings. The maximum Gasteiger partial charge on any atom is 0.245 e. The third-order valence-corrected chi connectivity index (χ3v) is 7.47. The second kappa shape index (κ2) is 6.85. The fraction of sp³-hybridized carbons (Fsp3) is 0.667. The highest BCUT2D eigenvalue weighted by molar-refractivity contribution is 9.11. The van der Waals surface area contributed by atoms with Gasteiger partial charge in [-0.3, -0.25) is 0 Å². The molecule has 0 aromatic carbocycles. The topological polar surface area (TPSA) is 66.8 Å². The van der Waals surface area contributed by atoms with Crippen molar-refractivity contribution in [1.29, 1.82) is 0 Å². The summed E-state index contributed by atoms with van der Waals surface area (Å²) in [4.78, 5) is 0.894. The van der Waals surface area contributed by atoms with Crippen LogP contribution in [0.15, 0.2) is 14.7 Å². The minimum Gasteiger partial charge on any atom is -0.391 e. The molecule has 0 spiro atoms. The molecular formula is C12H18BrNO4S2. The van der Waals surface area contributed by atoms with Gasteiger partial charge in [0.2, 0.25) is 10.0 Å². The van der Waals surface area contributed by atoms with Crippen LogP contribution in [-0.4, -0.2) is 44.6 Å². The van der Waals surface area contributed by atoms with Crippen LogP contribution in [0, 0.1) is 5.92 Å². The Bertz CT molecular complexity index is 556. The van der Waals surface area contributed by atoms with Crippen LogP contribution in [-0.2, 0) is 21.4 Å². The predicted molar refractivity (Wildman–Crippen MR) is 81.3 cm³/mol. The summed E-state index contributed by atoms with van der Waals surface area (Å²) < 4.78 is 32.5. The lowest BCUT2D eigenvalue weighted by Crippen LogP contribution is -2.41. The van der Waals surface area contributed by atoms with Crippen LogP contribution in [0.1, 0.15) is 17.7 Å². The highest BCUT2D eigenvalue weighted by atomic mass is 79.9. The number of ether oxygens (including phenoxy) is 1. The Morgan fingerprint density at radius 1 is 1.60 bits per heavy atom. The standard InChI is InChI=1S/C12H18BrNO4S2/c1-18-8-9-3-2-4-14(6-9)20(16,17)11-5-10(7-15)19-12(11)13/h5,9,15H,2-4,6-8H2,1H3. The summed E-state index contributed by atoms with van der Waals surface area (Å²) in [6, 6.07) is 1.55. The van der Waals surface area contributed by atoms with Gasteiger partial charge in [0.05, 0.1) is 17.0 Å². The van der Waals surface area contributed by atoms with Crippen LogP contribution in [0.5, 0.6) is 0 Å². The molecule has 0 bridgehead atoms. The van der Waals surface area contributed by atoms with Gasteiger partial charge in [-0.2, -0.15) is 4.31 Å². The Morgan fingerprint density at radius 3 is 2.95 bits per heavy atom. The van der Waals surface area contributed by atoms with Crippen molar-refractivity contribution in [3.8, 4) is 0 Å². The summed E-state index contributed by atoms with van der Waals surface area (Å²) in [5.41, 5.74) is 0. The summed E-state index contributed by atoms with van der Waals surface area (Å²) in [5, 5.41) is 9.13. The zero-order chi connectivity index (χ0) is 14.8. The molecule has 1 aromatic heterocycles. The Labute approximate surface area is 131 Å². The molecule has 1 aromatic rings. The fourth-order valence-electron chi connectivity index (χ4n) is 2.41. The molecule has 1 aliphatic heterocycles. The lowest BCUT2D eigenvalue weighted by molar-refractivity contribution is 0.118. The van der Waals surface area contributed by atoms with E-state index in [-0.39, 0.29) is 17.4 Å². The molecule has 0 saturated carbocycles. The Morgan fingerprint density at radius 2 is 2.35 bits per heavy atom. The molecular weight excluding hydrogens is 366 g/mol. The minimum atomic E-state index is -3.50. The highest BCUT2D eigenvalue weighted by Crippen LogP contribution is 2.34. The van der Waals surface area contributed by atoms with Gasteiger partial charge in [0.1, 0.15) is 4.90 Å². The van der Waals surface area contributed by atoms with Crippen LogP contribution in [0.2, 0.25) is 0 Å². The number of nitrogens with zero attached hydrogens (tertiary/aromatic N) is 1. The van der Waals surface area contributed by atoms with Crippen LogP contribution in [0.25, 0.3) is 0 Å². The number of piperidine rings is 1. The number of aliphatic hydroxyl groups excluding tert-OH is 1. The third-order valence-electron chi connectivity index (χ3n) is 3.36. The first kappa shape index (κ1) is 16.4. The van der Waals surface area contributed by atoms with E-state index >= 15 is 0 Å². The zero-order valence-electron chi connectivity index (χ0n) is 11.2. The molecule has 1 unspecified atom stereocenters. The first-order valence-corrected chi connectivity index (χ1v) is 9.42. The zero-order valence-corrected chi connectivity index (χ0v) is 14.4. The van der Waals surface area contributed by atoms with Crippen molar-refractivity contribution < 1.29 is 18.3 Å². The van der Waals surface area contributed by atoms with Gasteiger partial charge in [-0.1, -0.05) is 0 Å². The number of hydrogen-bond acceptors (Lipinski definition) is 5. The largest absolute Gasteiger partial charge is 0.391 e. The average molecular weight is 384 g/mol. The van der Waals surface area contributed by atoms with E-state index in [9.17, 15) is 8.42 Å². The minimum absolute atomic E-state index is 0.148. The molecule has 1 saturated heterocycles. The molecule has 1 fully saturated rings. The molecule has 1 atom stereocenters. The molecule has 0 aliphatic carbocycles. The molecule has 0 amide bonds. The molecule has 8 heteroatoms. The highest BCUT2D eigenvalue weighted by Gasteiger charge is 2.32. The molecule has 2 rings (SSSR count). The summed E-state index contributed by atoms with van der Waals surface area (Å²) in [6.45, 7) is 1.47. The number of halogens is 1. The Balaban J connectivity index is 2.22. The maximum atomic E-state index is 12.7. The quantitative estimate of drug-likeness (QED) is 0.844. The second-order valence-electron chi connectivity index (χ2n) is 4.84. The number of sulfonamides is 1. The SMILES string of the molecule is COCC1CCCN(S(=O)(=O)c2cc(CO)sc2Br)C1. The summed E-state index contributed by atoms with van der Waals surface area (Å²) >= 11 is 4.54. The van der Waals surface area contributed by atoms with Gasteiger partial charge in [0.15, 0.2) is 0 Å². The van der Waals surface area contributed by atoms with Crippen molar-refractivity contribution in [1.82, 2.24) is 4.31 Å². The maximum absolute atomic E-state index is 12.7. The number of thiophene rings is 1. The lowest BCUT2D eigenvalue weighted by Gasteiger charge is -2.31. The van der Waals surface area contributed by atoms with Crippen LogP contribution >= 0.6 is 27.3 Å². The molecule has 5 nitrogen and oxygen atoms in total. The van der Waals surface area contributed by atoms with E-state index in [0.717, 1.165) is 12.8 Å². The molecule has 2 heterocycles. The first-order valence-electron chi connectivity index (χ1n) is 6.37. The second-order valence-corrected chi connectivity index (χ2v) is 9.20. The van der Waals surface area contributed by atoms with Crippen molar-refractivity contribution in [2.24, 2.45) is 5.92 Å². The van der Waals surface area contributed by atoms with Crippen molar-refractivity contribution in [3.63, 3.8) is 0 Å². The van der Waals surface area contributed by atoms with E-state index < -0.39 is 10.0 Å². The van der Waals surface area contributed by atoms with Crippen molar-refractivity contribution in [2.75, 3.05) is 26.8 Å². The van der Waals surface area contributed by atoms with Crippen LogP contribution < -0.4 is 0 Å². The Hall–Kier alpha value is 0.01000. The molecule has 1 N–H and O–H groups in total. The summed E-state index contributed by atoms with van der Waals surface area (Å²) in [7, 11) is -1.87. The number of hydrogen-bond donors (Lipinski definition) is 1. The summed E-state index contributed by atoms with van der Waals surface area (Å²) in [5.74, 6) is 0.248. The van der Waals surface area contributed by atoms with Crippen LogP contribution in [0.4, 0.5) is 0 Å². The molecule has 114 valence electrons. The monoisotopic (exact) mass is 383 g/mol. The van der Waals surface area contributed by atoms with Crippen LogP contribution in [0.3, 0.4) is 0 Å². The number of rotatable bonds is 5. The van der Waals surface area contributed by atoms with E-state index in [1.54, 1.807) is 13.2 Å². The van der Waals surface area contributed by atoms with E-state index in [2.05, 4.69) is 15.9 Å². The lowest BCUT2D eigenvalue weighted by atomic mass is 10.0. The van der Waals surface area contributed by atoms with Gasteiger partial charge in [0.25, 0.3) is 0 Å². The van der Waals surface area contributed by atoms with Gasteiger partial charge in [0, 0.05) is 25.1 Å². The predicted octanol–water partition coefficient (Wildman–Crippen LogP) is 2.05. The van der Waals surface area contributed by atoms with Gasteiger partial charge < -0.3 is 9.84 Å². The van der Waals surface area contributed by atoms with Gasteiger partial charge in [-0.05, 0) is 40.8 Å². The van der Waals surface area contributed by atoms with E-state index in [1.807, 2.05) is 0 Å². The van der Waals surface area contributed by atoms with Crippen molar-refractivity contribution in [2.45, 2.75) is 24.3 Å². The van der Waals surface area contributed by atoms with Gasteiger partial charge in [-0.25, -0.2) is 8.42 Å². The average Bonchev–Trinajstić information content (AvgIpc) is 2.81. The molecule has 0 radical (unpaired) electrons. The first-order chi connectivity index (χ1) is 9.48. The van der Waals surface area contributed by atoms with E-state index in [4.69, 9.17) is 9.84 Å².